The third-order valence-corrected chi connectivity index (χ3v) is 6.96. The zero-order valence-corrected chi connectivity index (χ0v) is 19.0. The van der Waals surface area contributed by atoms with Crippen LogP contribution in [0.4, 0.5) is 5.69 Å². The van der Waals surface area contributed by atoms with Crippen LogP contribution in [0.3, 0.4) is 0 Å². The number of para-hydroxylation sites is 1. The molecule has 0 aliphatic carbocycles. The molecule has 0 fully saturated rings. The summed E-state index contributed by atoms with van der Waals surface area (Å²) in [5.74, 6) is -0.776. The van der Waals surface area contributed by atoms with E-state index in [1.165, 1.54) is 11.6 Å². The number of aromatic amines is 1. The van der Waals surface area contributed by atoms with Gasteiger partial charge in [0, 0.05) is 32.4 Å². The first-order valence-electron chi connectivity index (χ1n) is 11.1. The number of hydrogen-bond acceptors (Lipinski definition) is 3. The Bertz CT molecular complexity index is 1770. The molecule has 0 radical (unpaired) electrons. The summed E-state index contributed by atoms with van der Waals surface area (Å²) in [5, 5.41) is 2.49. The van der Waals surface area contributed by atoms with Gasteiger partial charge in [0.1, 0.15) is 5.65 Å². The largest absolute Gasteiger partial charge is 0.340 e. The summed E-state index contributed by atoms with van der Waals surface area (Å²) in [6.45, 7) is 0. The number of aromatic nitrogens is 3. The fourth-order valence-electron chi connectivity index (χ4n) is 5.17. The molecule has 34 heavy (non-hydrogen) atoms. The predicted octanol–water partition coefficient (Wildman–Crippen LogP) is 3.49. The Morgan fingerprint density at radius 3 is 2.29 bits per heavy atom. The molecule has 7 nitrogen and oxygen atoms in total. The van der Waals surface area contributed by atoms with Crippen LogP contribution in [-0.4, -0.2) is 27.1 Å². The summed E-state index contributed by atoms with van der Waals surface area (Å²) in [4.78, 5) is 44.7. The van der Waals surface area contributed by atoms with Crippen molar-refractivity contribution in [2.75, 3.05) is 11.9 Å². The highest BCUT2D eigenvalue weighted by Gasteiger charge is 2.40. The van der Waals surface area contributed by atoms with E-state index in [4.69, 9.17) is 0 Å². The van der Waals surface area contributed by atoms with E-state index < -0.39 is 17.2 Å². The molecule has 0 bridgehead atoms. The van der Waals surface area contributed by atoms with Gasteiger partial charge in [-0.3, -0.25) is 18.7 Å². The van der Waals surface area contributed by atoms with Crippen molar-refractivity contribution in [3.63, 3.8) is 0 Å². The maximum absolute atomic E-state index is 13.6. The molecule has 5 aromatic rings. The van der Waals surface area contributed by atoms with Gasteiger partial charge in [-0.05, 0) is 34.0 Å². The Balaban J connectivity index is 1.76. The monoisotopic (exact) mass is 450 g/mol. The lowest BCUT2D eigenvalue weighted by Gasteiger charge is -2.14. The third-order valence-electron chi connectivity index (χ3n) is 6.96. The average Bonchev–Trinajstić information content (AvgIpc) is 3.37. The van der Waals surface area contributed by atoms with Crippen LogP contribution in [0, 0.1) is 0 Å². The molecular weight excluding hydrogens is 428 g/mol. The number of nitrogens with one attached hydrogen (secondary N) is 1. The van der Waals surface area contributed by atoms with Gasteiger partial charge in [0.15, 0.2) is 0 Å². The maximum atomic E-state index is 13.6. The minimum atomic E-state index is -0.665. The van der Waals surface area contributed by atoms with Crippen LogP contribution < -0.4 is 16.1 Å². The second kappa shape index (κ2) is 7.05. The summed E-state index contributed by atoms with van der Waals surface area (Å²) in [6, 6.07) is 21.7. The van der Waals surface area contributed by atoms with Crippen molar-refractivity contribution in [3.8, 4) is 11.3 Å². The molecule has 0 spiro atoms. The van der Waals surface area contributed by atoms with Crippen LogP contribution in [0.5, 0.6) is 0 Å². The van der Waals surface area contributed by atoms with E-state index >= 15 is 0 Å². The molecule has 1 N–H and O–H groups in total. The highest BCUT2D eigenvalue weighted by Crippen LogP contribution is 2.45. The molecule has 3 heterocycles. The molecule has 0 saturated carbocycles. The summed E-state index contributed by atoms with van der Waals surface area (Å²) in [5.41, 5.74) is 3.34. The molecule has 1 amide bonds. The lowest BCUT2D eigenvalue weighted by atomic mass is 9.88. The van der Waals surface area contributed by atoms with E-state index in [-0.39, 0.29) is 5.91 Å². The van der Waals surface area contributed by atoms with Gasteiger partial charge >= 0.3 is 5.69 Å². The molecular formula is C27H22N4O3. The van der Waals surface area contributed by atoms with Gasteiger partial charge in [0.05, 0.1) is 17.0 Å². The molecule has 3 aromatic carbocycles. The first-order valence-corrected chi connectivity index (χ1v) is 11.1. The first kappa shape index (κ1) is 20.2. The Morgan fingerprint density at radius 2 is 1.50 bits per heavy atom. The quantitative estimate of drug-likeness (QED) is 0.447. The fourth-order valence-corrected chi connectivity index (χ4v) is 5.17. The molecule has 0 saturated heterocycles. The second-order valence-corrected chi connectivity index (χ2v) is 8.79. The van der Waals surface area contributed by atoms with E-state index in [9.17, 15) is 14.4 Å². The number of amides is 1. The van der Waals surface area contributed by atoms with Crippen LogP contribution in [-0.2, 0) is 18.9 Å². The Labute approximate surface area is 194 Å². The number of carbonyl (C=O) groups is 1. The minimum Gasteiger partial charge on any atom is -0.340 e. The van der Waals surface area contributed by atoms with Crippen molar-refractivity contribution in [2.24, 2.45) is 14.1 Å². The molecule has 1 aliphatic heterocycles. The average molecular weight is 450 g/mol. The van der Waals surface area contributed by atoms with Crippen molar-refractivity contribution < 1.29 is 4.79 Å². The number of benzene rings is 3. The summed E-state index contributed by atoms with van der Waals surface area (Å²) in [7, 11) is 4.85. The molecule has 2 aromatic heterocycles. The number of carbonyl (C=O) groups excluding carboxylic acids is 1. The van der Waals surface area contributed by atoms with Gasteiger partial charge in [0.2, 0.25) is 5.91 Å². The lowest BCUT2D eigenvalue weighted by molar-refractivity contribution is -0.118. The van der Waals surface area contributed by atoms with Crippen molar-refractivity contribution in [3.05, 3.63) is 98.7 Å². The Morgan fingerprint density at radius 1 is 0.794 bits per heavy atom. The standard InChI is InChI=1S/C27H22N4O3/c1-29-19-11-7-6-10-18(19)20(25(29)32)21-22-24(30(2)27(34)31(3)26(22)33)28-23(21)17-13-12-15-8-4-5-9-16(15)14-17/h4-14,20,28H,1-3H3/t20-/m1/s1. The summed E-state index contributed by atoms with van der Waals surface area (Å²) < 4.78 is 2.53. The normalized spacial score (nSPS) is 15.4. The topological polar surface area (TPSA) is 80.1 Å². The number of fused-ring (bicyclic) bond motifs is 3. The van der Waals surface area contributed by atoms with Gasteiger partial charge < -0.3 is 9.88 Å². The highest BCUT2D eigenvalue weighted by atomic mass is 16.2. The number of aryl methyl sites for hydroxylation is 1. The van der Waals surface area contributed by atoms with E-state index in [1.807, 2.05) is 66.7 Å². The van der Waals surface area contributed by atoms with Gasteiger partial charge in [-0.2, -0.15) is 0 Å². The highest BCUT2D eigenvalue weighted by molar-refractivity contribution is 6.10. The van der Waals surface area contributed by atoms with Crippen molar-refractivity contribution in [1.82, 2.24) is 14.1 Å². The Kier molecular flexibility index (Phi) is 4.20. The zero-order chi connectivity index (χ0) is 23.7. The van der Waals surface area contributed by atoms with E-state index in [2.05, 4.69) is 4.98 Å². The lowest BCUT2D eigenvalue weighted by Crippen LogP contribution is -2.37. The van der Waals surface area contributed by atoms with Crippen LogP contribution in [0.1, 0.15) is 17.0 Å². The van der Waals surface area contributed by atoms with Crippen LogP contribution in [0.2, 0.25) is 0 Å². The van der Waals surface area contributed by atoms with Gasteiger partial charge in [-0.15, -0.1) is 0 Å². The van der Waals surface area contributed by atoms with Crippen molar-refractivity contribution in [1.29, 1.82) is 0 Å². The molecule has 168 valence electrons. The minimum absolute atomic E-state index is 0.111. The number of rotatable bonds is 2. The van der Waals surface area contributed by atoms with E-state index in [0.29, 0.717) is 22.3 Å². The van der Waals surface area contributed by atoms with E-state index in [0.717, 1.165) is 32.2 Å². The first-order chi connectivity index (χ1) is 16.4. The second-order valence-electron chi connectivity index (χ2n) is 8.79. The zero-order valence-electron chi connectivity index (χ0n) is 19.0. The summed E-state index contributed by atoms with van der Waals surface area (Å²) >= 11 is 0. The number of H-pyrrole nitrogens is 1. The smallest absolute Gasteiger partial charge is 0.332 e. The van der Waals surface area contributed by atoms with Gasteiger partial charge in [-0.1, -0.05) is 54.6 Å². The molecule has 6 rings (SSSR count). The number of likely N-dealkylation sites (N-methyl/N-ethyl adjacent to an activating group) is 1. The van der Waals surface area contributed by atoms with E-state index in [1.54, 1.807) is 19.0 Å². The van der Waals surface area contributed by atoms with Crippen LogP contribution in [0.25, 0.3) is 33.1 Å². The Hall–Kier alpha value is -4.39. The fraction of sp³-hybridized carbons (Fsp3) is 0.148. The van der Waals surface area contributed by atoms with Gasteiger partial charge in [0.25, 0.3) is 5.56 Å². The number of nitrogens with zero attached hydrogens (tertiary/aromatic N) is 3. The number of hydrogen-bond donors (Lipinski definition) is 1. The predicted molar refractivity (Wildman–Crippen MR) is 133 cm³/mol. The maximum Gasteiger partial charge on any atom is 0.332 e. The van der Waals surface area contributed by atoms with Crippen LogP contribution in [0.15, 0.2) is 76.3 Å². The molecule has 1 aliphatic rings. The molecule has 0 unspecified atom stereocenters. The third kappa shape index (κ3) is 2.61. The van der Waals surface area contributed by atoms with Crippen molar-refractivity contribution in [2.45, 2.75) is 5.92 Å². The van der Waals surface area contributed by atoms with Gasteiger partial charge in [-0.25, -0.2) is 4.79 Å². The van der Waals surface area contributed by atoms with Crippen molar-refractivity contribution >= 4 is 33.4 Å². The molecule has 7 heteroatoms. The number of anilines is 1. The van der Waals surface area contributed by atoms with Crippen LogP contribution >= 0.6 is 0 Å². The molecule has 1 atom stereocenters. The summed E-state index contributed by atoms with van der Waals surface area (Å²) in [6.07, 6.45) is 0. The SMILES string of the molecule is CN1C(=O)[C@@H](c2c(-c3ccc4ccccc4c3)[nH]c3c2c(=O)n(C)c(=O)n3C)c2ccccc21.